The zero-order valence-electron chi connectivity index (χ0n) is 13.4. The third-order valence-corrected chi connectivity index (χ3v) is 3.91. The van der Waals surface area contributed by atoms with Crippen molar-refractivity contribution in [1.29, 1.82) is 0 Å². The first-order chi connectivity index (χ1) is 10.8. The van der Waals surface area contributed by atoms with Crippen LogP contribution in [0.5, 0.6) is 11.5 Å². The molecule has 0 aromatic heterocycles. The Kier molecular flexibility index (Phi) is 6.28. The monoisotopic (exact) mass is 299 g/mol. The minimum atomic E-state index is 0.241. The molecule has 118 valence electrons. The van der Waals surface area contributed by atoms with Crippen LogP contribution >= 0.6 is 0 Å². The topological polar surface area (TPSA) is 44.5 Å². The van der Waals surface area contributed by atoms with Crippen LogP contribution in [0.2, 0.25) is 0 Å². The fourth-order valence-corrected chi connectivity index (χ4v) is 2.58. The summed E-state index contributed by atoms with van der Waals surface area (Å²) >= 11 is 0. The van der Waals surface area contributed by atoms with E-state index in [9.17, 15) is 0 Å². The van der Waals surface area contributed by atoms with Crippen molar-refractivity contribution in [2.45, 2.75) is 25.7 Å². The lowest BCUT2D eigenvalue weighted by molar-refractivity contribution is 0.296. The number of benzene rings is 2. The van der Waals surface area contributed by atoms with Gasteiger partial charge in [-0.15, -0.1) is 0 Å². The highest BCUT2D eigenvalue weighted by molar-refractivity contribution is 5.36. The summed E-state index contributed by atoms with van der Waals surface area (Å²) in [6.45, 7) is 3.37. The molecule has 0 saturated carbocycles. The van der Waals surface area contributed by atoms with E-state index in [-0.39, 0.29) is 5.92 Å². The van der Waals surface area contributed by atoms with Gasteiger partial charge in [-0.25, -0.2) is 0 Å². The van der Waals surface area contributed by atoms with Crippen LogP contribution in [0.3, 0.4) is 0 Å². The lowest BCUT2D eigenvalue weighted by atomic mass is 9.95. The number of hydrogen-bond donors (Lipinski definition) is 1. The van der Waals surface area contributed by atoms with Gasteiger partial charge in [0, 0.05) is 5.92 Å². The average Bonchev–Trinajstić information content (AvgIpc) is 2.59. The van der Waals surface area contributed by atoms with Gasteiger partial charge in [0.2, 0.25) is 0 Å². The van der Waals surface area contributed by atoms with E-state index < -0.39 is 0 Å². The van der Waals surface area contributed by atoms with Crippen molar-refractivity contribution in [2.75, 3.05) is 20.3 Å². The molecule has 0 aliphatic heterocycles. The number of nitrogens with two attached hydrogens (primary N) is 1. The van der Waals surface area contributed by atoms with Crippen molar-refractivity contribution < 1.29 is 9.47 Å². The zero-order valence-corrected chi connectivity index (χ0v) is 13.4. The standard InChI is InChI=1S/C19H25NO2/c1-3-15-7-6-8-17(13-15)22-12-11-16(14-20)18-9-4-5-10-19(18)21-2/h4-10,13,16H,3,11-12,14,20H2,1-2H3. The van der Waals surface area contributed by atoms with Crippen LogP contribution in [0, 0.1) is 0 Å². The lowest BCUT2D eigenvalue weighted by Gasteiger charge is -2.18. The van der Waals surface area contributed by atoms with Gasteiger partial charge in [0.05, 0.1) is 13.7 Å². The van der Waals surface area contributed by atoms with Crippen molar-refractivity contribution in [3.63, 3.8) is 0 Å². The summed E-state index contributed by atoms with van der Waals surface area (Å²) in [4.78, 5) is 0. The first-order valence-electron chi connectivity index (χ1n) is 7.83. The zero-order chi connectivity index (χ0) is 15.8. The van der Waals surface area contributed by atoms with Gasteiger partial charge in [0.15, 0.2) is 0 Å². The predicted molar refractivity (Wildman–Crippen MR) is 90.7 cm³/mol. The highest BCUT2D eigenvalue weighted by atomic mass is 16.5. The van der Waals surface area contributed by atoms with Crippen LogP contribution in [0.25, 0.3) is 0 Å². The summed E-state index contributed by atoms with van der Waals surface area (Å²) in [5, 5.41) is 0. The average molecular weight is 299 g/mol. The van der Waals surface area contributed by atoms with E-state index in [1.165, 1.54) is 5.56 Å². The highest BCUT2D eigenvalue weighted by Gasteiger charge is 2.14. The van der Waals surface area contributed by atoms with Crippen molar-refractivity contribution >= 4 is 0 Å². The maximum atomic E-state index is 5.94. The molecule has 2 N–H and O–H groups in total. The van der Waals surface area contributed by atoms with Crippen molar-refractivity contribution in [1.82, 2.24) is 0 Å². The molecule has 0 aliphatic rings. The molecule has 0 spiro atoms. The summed E-state index contributed by atoms with van der Waals surface area (Å²) in [5.74, 6) is 2.06. The first-order valence-corrected chi connectivity index (χ1v) is 7.83. The van der Waals surface area contributed by atoms with E-state index in [0.29, 0.717) is 13.2 Å². The summed E-state index contributed by atoms with van der Waals surface area (Å²) in [6, 6.07) is 16.3. The van der Waals surface area contributed by atoms with E-state index in [1.54, 1.807) is 7.11 Å². The molecule has 22 heavy (non-hydrogen) atoms. The molecule has 0 radical (unpaired) electrons. The fraction of sp³-hybridized carbons (Fsp3) is 0.368. The van der Waals surface area contributed by atoms with Gasteiger partial charge >= 0.3 is 0 Å². The van der Waals surface area contributed by atoms with Gasteiger partial charge < -0.3 is 15.2 Å². The summed E-state index contributed by atoms with van der Waals surface area (Å²) < 4.78 is 11.3. The molecule has 1 unspecified atom stereocenters. The molecule has 3 heteroatoms. The van der Waals surface area contributed by atoms with E-state index in [0.717, 1.165) is 29.9 Å². The Labute approximate surface area is 133 Å². The molecule has 0 heterocycles. The van der Waals surface area contributed by atoms with E-state index >= 15 is 0 Å². The number of para-hydroxylation sites is 1. The Hall–Kier alpha value is -2.00. The molecule has 1 atom stereocenters. The lowest BCUT2D eigenvalue weighted by Crippen LogP contribution is -2.16. The quantitative estimate of drug-likeness (QED) is 0.807. The summed E-state index contributed by atoms with van der Waals surface area (Å²) in [5.41, 5.74) is 8.38. The summed E-state index contributed by atoms with van der Waals surface area (Å²) in [7, 11) is 1.69. The van der Waals surface area contributed by atoms with Gasteiger partial charge in [-0.05, 0) is 48.7 Å². The SMILES string of the molecule is CCc1cccc(OCCC(CN)c2ccccc2OC)c1. The Morgan fingerprint density at radius 2 is 1.91 bits per heavy atom. The van der Waals surface area contributed by atoms with Crippen molar-refractivity contribution in [3.05, 3.63) is 59.7 Å². The van der Waals surface area contributed by atoms with E-state index in [2.05, 4.69) is 25.1 Å². The molecule has 0 amide bonds. The van der Waals surface area contributed by atoms with Gasteiger partial charge in [-0.2, -0.15) is 0 Å². The van der Waals surface area contributed by atoms with Gasteiger partial charge in [0.1, 0.15) is 11.5 Å². The van der Waals surface area contributed by atoms with Crippen LogP contribution in [0.1, 0.15) is 30.4 Å². The Balaban J connectivity index is 1.96. The van der Waals surface area contributed by atoms with Crippen LogP contribution in [0.15, 0.2) is 48.5 Å². The number of ether oxygens (including phenoxy) is 2. The summed E-state index contributed by atoms with van der Waals surface area (Å²) in [6.07, 6.45) is 1.89. The second-order valence-corrected chi connectivity index (χ2v) is 5.31. The Bertz CT molecular complexity index is 583. The van der Waals surface area contributed by atoms with E-state index in [1.807, 2.05) is 30.3 Å². The molecule has 3 nitrogen and oxygen atoms in total. The molecule has 2 aromatic carbocycles. The van der Waals surface area contributed by atoms with Gasteiger partial charge in [-0.3, -0.25) is 0 Å². The van der Waals surface area contributed by atoms with Crippen LogP contribution in [-0.4, -0.2) is 20.3 Å². The van der Waals surface area contributed by atoms with Gasteiger partial charge in [-0.1, -0.05) is 37.3 Å². The Morgan fingerprint density at radius 1 is 1.09 bits per heavy atom. The number of rotatable bonds is 8. The molecular formula is C19H25NO2. The third kappa shape index (κ3) is 4.25. The third-order valence-electron chi connectivity index (χ3n) is 3.91. The fourth-order valence-electron chi connectivity index (χ4n) is 2.58. The Morgan fingerprint density at radius 3 is 2.64 bits per heavy atom. The minimum absolute atomic E-state index is 0.241. The number of aryl methyl sites for hydroxylation is 1. The molecular weight excluding hydrogens is 274 g/mol. The van der Waals surface area contributed by atoms with Crippen LogP contribution < -0.4 is 15.2 Å². The van der Waals surface area contributed by atoms with E-state index in [4.69, 9.17) is 15.2 Å². The highest BCUT2D eigenvalue weighted by Crippen LogP contribution is 2.28. The smallest absolute Gasteiger partial charge is 0.122 e. The second-order valence-electron chi connectivity index (χ2n) is 5.31. The van der Waals surface area contributed by atoms with Crippen LogP contribution in [-0.2, 0) is 6.42 Å². The maximum Gasteiger partial charge on any atom is 0.122 e. The largest absolute Gasteiger partial charge is 0.496 e. The molecule has 0 fully saturated rings. The molecule has 0 saturated heterocycles. The number of methoxy groups -OCH3 is 1. The molecule has 2 rings (SSSR count). The normalized spacial score (nSPS) is 12.0. The second kappa shape index (κ2) is 8.44. The molecule has 0 aliphatic carbocycles. The van der Waals surface area contributed by atoms with Gasteiger partial charge in [0.25, 0.3) is 0 Å². The maximum absolute atomic E-state index is 5.94. The van der Waals surface area contributed by atoms with Crippen molar-refractivity contribution in [2.24, 2.45) is 5.73 Å². The molecule has 0 bridgehead atoms. The predicted octanol–water partition coefficient (Wildman–Crippen LogP) is 3.77. The van der Waals surface area contributed by atoms with Crippen LogP contribution in [0.4, 0.5) is 0 Å². The minimum Gasteiger partial charge on any atom is -0.496 e. The van der Waals surface area contributed by atoms with Crippen molar-refractivity contribution in [3.8, 4) is 11.5 Å². The molecule has 2 aromatic rings. The first kappa shape index (κ1) is 16.4. The number of hydrogen-bond acceptors (Lipinski definition) is 3.